The fourth-order valence-electron chi connectivity index (χ4n) is 4.57. The SMILES string of the molecule is COCCCN1CC2(CCC1=O)CCN(Cc1ccc(C)c(F)c1C)CC2. The van der Waals surface area contributed by atoms with E-state index in [1.54, 1.807) is 7.11 Å². The summed E-state index contributed by atoms with van der Waals surface area (Å²) < 4.78 is 19.3. The van der Waals surface area contributed by atoms with Gasteiger partial charge in [0.15, 0.2) is 0 Å². The monoisotopic (exact) mass is 376 g/mol. The number of carbonyl (C=O) groups is 1. The third kappa shape index (κ3) is 4.69. The number of aryl methyl sites for hydroxylation is 1. The second-order valence-electron chi connectivity index (χ2n) is 8.42. The van der Waals surface area contributed by atoms with Gasteiger partial charge in [0.05, 0.1) is 0 Å². The van der Waals surface area contributed by atoms with Gasteiger partial charge < -0.3 is 9.64 Å². The van der Waals surface area contributed by atoms with E-state index < -0.39 is 0 Å². The van der Waals surface area contributed by atoms with Crippen LogP contribution in [0.4, 0.5) is 4.39 Å². The minimum Gasteiger partial charge on any atom is -0.385 e. The molecule has 1 amide bonds. The molecule has 5 heteroatoms. The molecule has 2 fully saturated rings. The number of nitrogens with zero attached hydrogens (tertiary/aromatic N) is 2. The number of halogens is 1. The van der Waals surface area contributed by atoms with E-state index in [0.29, 0.717) is 24.5 Å². The Kier molecular flexibility index (Phi) is 6.53. The first-order valence-electron chi connectivity index (χ1n) is 10.2. The van der Waals surface area contributed by atoms with Crippen LogP contribution >= 0.6 is 0 Å². The van der Waals surface area contributed by atoms with Crippen molar-refractivity contribution in [1.82, 2.24) is 9.80 Å². The molecule has 1 aromatic carbocycles. The molecular formula is C22H33FN2O2. The number of amides is 1. The molecule has 2 aliphatic heterocycles. The Labute approximate surface area is 162 Å². The lowest BCUT2D eigenvalue weighted by Gasteiger charge is -2.47. The van der Waals surface area contributed by atoms with Crippen molar-refractivity contribution in [1.29, 1.82) is 0 Å². The van der Waals surface area contributed by atoms with Gasteiger partial charge in [-0.1, -0.05) is 12.1 Å². The van der Waals surface area contributed by atoms with Crippen molar-refractivity contribution in [3.63, 3.8) is 0 Å². The molecule has 1 spiro atoms. The van der Waals surface area contributed by atoms with Crippen LogP contribution in [-0.2, 0) is 16.1 Å². The minimum atomic E-state index is -0.0709. The summed E-state index contributed by atoms with van der Waals surface area (Å²) in [6.07, 6.45) is 4.83. The average molecular weight is 377 g/mol. The summed E-state index contributed by atoms with van der Waals surface area (Å²) in [5, 5.41) is 0. The summed E-state index contributed by atoms with van der Waals surface area (Å²) in [6, 6.07) is 3.95. The molecule has 0 aliphatic carbocycles. The van der Waals surface area contributed by atoms with Gasteiger partial charge in [-0.3, -0.25) is 9.69 Å². The zero-order valence-electron chi connectivity index (χ0n) is 17.0. The van der Waals surface area contributed by atoms with Gasteiger partial charge in [0, 0.05) is 39.8 Å². The number of likely N-dealkylation sites (tertiary alicyclic amines) is 2. The highest BCUT2D eigenvalue weighted by atomic mass is 19.1. The Bertz CT molecular complexity index is 669. The van der Waals surface area contributed by atoms with Crippen molar-refractivity contribution in [2.45, 2.75) is 52.5 Å². The number of hydrogen-bond donors (Lipinski definition) is 0. The predicted molar refractivity (Wildman–Crippen MR) is 105 cm³/mol. The molecule has 0 N–H and O–H groups in total. The molecule has 0 radical (unpaired) electrons. The Morgan fingerprint density at radius 1 is 1.19 bits per heavy atom. The van der Waals surface area contributed by atoms with Gasteiger partial charge in [-0.15, -0.1) is 0 Å². The smallest absolute Gasteiger partial charge is 0.222 e. The number of rotatable bonds is 6. The van der Waals surface area contributed by atoms with Crippen molar-refractivity contribution in [2.75, 3.05) is 39.9 Å². The third-order valence-corrected chi connectivity index (χ3v) is 6.53. The van der Waals surface area contributed by atoms with E-state index in [-0.39, 0.29) is 11.2 Å². The lowest BCUT2D eigenvalue weighted by molar-refractivity contribution is -0.139. The minimum absolute atomic E-state index is 0.0709. The molecule has 0 atom stereocenters. The van der Waals surface area contributed by atoms with Crippen LogP contribution in [0.2, 0.25) is 0 Å². The Hall–Kier alpha value is -1.46. The van der Waals surface area contributed by atoms with Crippen molar-refractivity contribution < 1.29 is 13.9 Å². The predicted octanol–water partition coefficient (Wildman–Crippen LogP) is 3.68. The largest absolute Gasteiger partial charge is 0.385 e. The molecule has 2 heterocycles. The summed E-state index contributed by atoms with van der Waals surface area (Å²) in [4.78, 5) is 16.7. The van der Waals surface area contributed by atoms with Crippen LogP contribution < -0.4 is 0 Å². The number of methoxy groups -OCH3 is 1. The van der Waals surface area contributed by atoms with Crippen LogP contribution in [0.25, 0.3) is 0 Å². The molecule has 2 saturated heterocycles. The molecular weight excluding hydrogens is 343 g/mol. The van der Waals surface area contributed by atoms with Gasteiger partial charge in [-0.05, 0) is 74.7 Å². The molecule has 0 bridgehead atoms. The maximum absolute atomic E-state index is 14.2. The summed E-state index contributed by atoms with van der Waals surface area (Å²) in [5.41, 5.74) is 2.86. The van der Waals surface area contributed by atoms with E-state index >= 15 is 0 Å². The summed E-state index contributed by atoms with van der Waals surface area (Å²) in [7, 11) is 1.71. The topological polar surface area (TPSA) is 32.8 Å². The fourth-order valence-corrected chi connectivity index (χ4v) is 4.57. The van der Waals surface area contributed by atoms with Gasteiger partial charge >= 0.3 is 0 Å². The normalized spacial score (nSPS) is 20.4. The van der Waals surface area contributed by atoms with Gasteiger partial charge in [0.1, 0.15) is 5.82 Å². The number of carbonyl (C=O) groups excluding carboxylic acids is 1. The van der Waals surface area contributed by atoms with Crippen molar-refractivity contribution in [3.05, 3.63) is 34.6 Å². The molecule has 3 rings (SSSR count). The molecule has 2 aliphatic rings. The highest BCUT2D eigenvalue weighted by molar-refractivity contribution is 5.77. The number of hydrogen-bond acceptors (Lipinski definition) is 3. The van der Waals surface area contributed by atoms with Crippen LogP contribution in [-0.4, -0.2) is 55.6 Å². The highest BCUT2D eigenvalue weighted by Gasteiger charge is 2.40. The quantitative estimate of drug-likeness (QED) is 0.710. The maximum Gasteiger partial charge on any atom is 0.222 e. The average Bonchev–Trinajstić information content (AvgIpc) is 2.67. The molecule has 0 saturated carbocycles. The van der Waals surface area contributed by atoms with E-state index in [1.807, 2.05) is 19.9 Å². The second-order valence-corrected chi connectivity index (χ2v) is 8.42. The highest BCUT2D eigenvalue weighted by Crippen LogP contribution is 2.40. The maximum atomic E-state index is 14.2. The van der Waals surface area contributed by atoms with Crippen LogP contribution in [0.1, 0.15) is 48.8 Å². The molecule has 1 aromatic rings. The van der Waals surface area contributed by atoms with Crippen LogP contribution in [0.3, 0.4) is 0 Å². The van der Waals surface area contributed by atoms with E-state index in [4.69, 9.17) is 4.74 Å². The van der Waals surface area contributed by atoms with Crippen LogP contribution in [0.15, 0.2) is 12.1 Å². The molecule has 0 unspecified atom stereocenters. The fraction of sp³-hybridized carbons (Fsp3) is 0.682. The van der Waals surface area contributed by atoms with E-state index in [0.717, 1.165) is 69.5 Å². The third-order valence-electron chi connectivity index (χ3n) is 6.53. The first kappa shape index (κ1) is 20.3. The van der Waals surface area contributed by atoms with E-state index in [9.17, 15) is 9.18 Å². The zero-order chi connectivity index (χ0) is 19.4. The van der Waals surface area contributed by atoms with Gasteiger partial charge in [-0.2, -0.15) is 0 Å². The van der Waals surface area contributed by atoms with E-state index in [2.05, 4.69) is 15.9 Å². The van der Waals surface area contributed by atoms with Gasteiger partial charge in [0.2, 0.25) is 5.91 Å². The molecule has 0 aromatic heterocycles. The number of piperidine rings is 2. The summed E-state index contributed by atoms with van der Waals surface area (Å²) >= 11 is 0. The van der Waals surface area contributed by atoms with Crippen molar-refractivity contribution in [2.24, 2.45) is 5.41 Å². The lowest BCUT2D eigenvalue weighted by Crippen LogP contribution is -2.51. The Morgan fingerprint density at radius 3 is 2.63 bits per heavy atom. The van der Waals surface area contributed by atoms with Crippen LogP contribution in [0.5, 0.6) is 0 Å². The van der Waals surface area contributed by atoms with Gasteiger partial charge in [0.25, 0.3) is 0 Å². The Morgan fingerprint density at radius 2 is 1.93 bits per heavy atom. The van der Waals surface area contributed by atoms with Gasteiger partial charge in [-0.25, -0.2) is 4.39 Å². The molecule has 150 valence electrons. The second kappa shape index (κ2) is 8.70. The molecule has 27 heavy (non-hydrogen) atoms. The molecule has 4 nitrogen and oxygen atoms in total. The first-order chi connectivity index (χ1) is 12.9. The van der Waals surface area contributed by atoms with E-state index in [1.165, 1.54) is 0 Å². The number of ether oxygens (including phenoxy) is 1. The summed E-state index contributed by atoms with van der Waals surface area (Å²) in [5.74, 6) is 0.225. The summed E-state index contributed by atoms with van der Waals surface area (Å²) in [6.45, 7) is 8.96. The van der Waals surface area contributed by atoms with Crippen LogP contribution in [0, 0.1) is 25.1 Å². The number of benzene rings is 1. The van der Waals surface area contributed by atoms with Crippen molar-refractivity contribution >= 4 is 5.91 Å². The zero-order valence-corrected chi connectivity index (χ0v) is 17.0. The standard InChI is InChI=1S/C22H33FN2O2/c1-17-5-6-19(18(2)21(17)23)15-24-12-9-22(10-13-24)8-7-20(26)25(16-22)11-4-14-27-3/h5-6H,4,7-16H2,1-3H3. The van der Waals surface area contributed by atoms with Crippen molar-refractivity contribution in [3.8, 4) is 0 Å². The lowest BCUT2D eigenvalue weighted by atomic mass is 9.72. The Balaban J connectivity index is 1.56. The first-order valence-corrected chi connectivity index (χ1v) is 10.2.